The zero-order valence-corrected chi connectivity index (χ0v) is 34.5. The minimum atomic E-state index is 0.774. The molecule has 0 aliphatic carbocycles. The van der Waals surface area contributed by atoms with Crippen LogP contribution in [-0.4, -0.2) is 28.4 Å². The van der Waals surface area contributed by atoms with Crippen LogP contribution in [0.5, 0.6) is 23.0 Å². The molecular formula is C54H40N2O6. The fraction of sp³-hybridized carbons (Fsp3) is 0.0741. The number of benzene rings is 9. The van der Waals surface area contributed by atoms with Crippen LogP contribution in [0.1, 0.15) is 0 Å². The van der Waals surface area contributed by atoms with Crippen LogP contribution in [0.2, 0.25) is 0 Å². The van der Waals surface area contributed by atoms with Crippen molar-refractivity contribution in [3.8, 4) is 23.0 Å². The Bertz CT molecular complexity index is 3420. The molecule has 2 heterocycles. The first-order valence-electron chi connectivity index (χ1n) is 20.3. The van der Waals surface area contributed by atoms with Gasteiger partial charge < -0.3 is 37.6 Å². The molecule has 0 bridgehead atoms. The van der Waals surface area contributed by atoms with Gasteiger partial charge in [0.15, 0.2) is 0 Å². The van der Waals surface area contributed by atoms with Gasteiger partial charge in [-0.1, -0.05) is 36.4 Å². The lowest BCUT2D eigenvalue weighted by atomic mass is 10.0. The first kappa shape index (κ1) is 36.9. The van der Waals surface area contributed by atoms with E-state index in [0.29, 0.717) is 0 Å². The Kier molecular flexibility index (Phi) is 8.86. The summed E-state index contributed by atoms with van der Waals surface area (Å²) in [6, 6.07) is 58.2. The molecule has 0 unspecified atom stereocenters. The molecule has 8 heteroatoms. The molecule has 0 fully saturated rings. The van der Waals surface area contributed by atoms with E-state index in [1.54, 1.807) is 28.4 Å². The number of fused-ring (bicyclic) bond motifs is 9. The number of anilines is 6. The van der Waals surface area contributed by atoms with Gasteiger partial charge in [-0.3, -0.25) is 0 Å². The number of hydrogen-bond acceptors (Lipinski definition) is 8. The van der Waals surface area contributed by atoms with Crippen molar-refractivity contribution in [2.24, 2.45) is 0 Å². The van der Waals surface area contributed by atoms with E-state index in [1.165, 1.54) is 0 Å². The van der Waals surface area contributed by atoms with Crippen molar-refractivity contribution in [3.05, 3.63) is 170 Å². The number of furan rings is 2. The molecule has 2 aromatic heterocycles. The fourth-order valence-electron chi connectivity index (χ4n) is 8.73. The fourth-order valence-corrected chi connectivity index (χ4v) is 8.73. The number of hydrogen-bond donors (Lipinski definition) is 0. The molecule has 0 amide bonds. The zero-order valence-electron chi connectivity index (χ0n) is 34.5. The van der Waals surface area contributed by atoms with Gasteiger partial charge >= 0.3 is 0 Å². The molecule has 0 atom stereocenters. The van der Waals surface area contributed by atoms with Gasteiger partial charge in [0, 0.05) is 74.5 Å². The van der Waals surface area contributed by atoms with E-state index >= 15 is 0 Å². The lowest BCUT2D eigenvalue weighted by Crippen LogP contribution is -2.10. The molecule has 0 aliphatic rings. The van der Waals surface area contributed by atoms with Gasteiger partial charge in [-0.2, -0.15) is 0 Å². The second-order valence-corrected chi connectivity index (χ2v) is 15.3. The minimum Gasteiger partial charge on any atom is -0.497 e. The standard InChI is InChI=1S/C54H40N2O6/c1-57-43-13-5-9-37(29-43)55(38-10-6-14-44(30-38)58-2)41-19-17-33-25-48-47-21-22-50-53(54(47)62-51(48)27-35(33)23-41)49-26-34-18-20-42(24-36(34)28-52(49)61-50)56(39-11-7-15-45(31-39)59-3)40-12-8-16-46(32-40)60-4/h5-32H,1-4H3. The van der Waals surface area contributed by atoms with Gasteiger partial charge in [0.05, 0.1) is 33.8 Å². The third kappa shape index (κ3) is 6.23. The molecule has 62 heavy (non-hydrogen) atoms. The van der Waals surface area contributed by atoms with Gasteiger partial charge in [-0.15, -0.1) is 0 Å². The van der Waals surface area contributed by atoms with Crippen LogP contribution in [0.4, 0.5) is 34.1 Å². The summed E-state index contributed by atoms with van der Waals surface area (Å²) in [6.07, 6.45) is 0. The maximum absolute atomic E-state index is 6.84. The van der Waals surface area contributed by atoms with E-state index in [1.807, 2.05) is 72.8 Å². The predicted octanol–water partition coefficient (Wildman–Crippen LogP) is 14.8. The van der Waals surface area contributed by atoms with E-state index in [4.69, 9.17) is 27.8 Å². The third-order valence-corrected chi connectivity index (χ3v) is 11.7. The molecule has 8 nitrogen and oxygen atoms in total. The largest absolute Gasteiger partial charge is 0.497 e. The summed E-state index contributed by atoms with van der Waals surface area (Å²) in [5.74, 6) is 3.10. The number of ether oxygens (including phenoxy) is 4. The minimum absolute atomic E-state index is 0.774. The lowest BCUT2D eigenvalue weighted by Gasteiger charge is -2.26. The first-order chi connectivity index (χ1) is 30.5. The van der Waals surface area contributed by atoms with Crippen LogP contribution in [0, 0.1) is 0 Å². The van der Waals surface area contributed by atoms with Gasteiger partial charge in [0.25, 0.3) is 0 Å². The Hall–Kier alpha value is -8.10. The molecule has 0 saturated carbocycles. The molecule has 302 valence electrons. The van der Waals surface area contributed by atoms with Crippen molar-refractivity contribution in [1.82, 2.24) is 0 Å². The second kappa shape index (κ2) is 14.9. The van der Waals surface area contributed by atoms with Crippen molar-refractivity contribution < 1.29 is 27.8 Å². The monoisotopic (exact) mass is 812 g/mol. The Labute approximate surface area is 357 Å². The Balaban J connectivity index is 1.03. The Morgan fingerprint density at radius 1 is 0.323 bits per heavy atom. The van der Waals surface area contributed by atoms with E-state index in [9.17, 15) is 0 Å². The highest BCUT2D eigenvalue weighted by Gasteiger charge is 2.21. The average Bonchev–Trinajstić information content (AvgIpc) is 3.87. The summed E-state index contributed by atoms with van der Waals surface area (Å²) in [7, 11) is 6.74. The third-order valence-electron chi connectivity index (χ3n) is 11.7. The molecule has 0 spiro atoms. The number of methoxy groups -OCH3 is 4. The quantitative estimate of drug-likeness (QED) is 0.135. The molecular weight excluding hydrogens is 773 g/mol. The Morgan fingerprint density at radius 3 is 1.19 bits per heavy atom. The molecule has 0 aliphatic heterocycles. The highest BCUT2D eigenvalue weighted by Crippen LogP contribution is 2.45. The summed E-state index contributed by atoms with van der Waals surface area (Å²) in [5, 5.41) is 8.34. The molecule has 0 N–H and O–H groups in total. The van der Waals surface area contributed by atoms with Crippen molar-refractivity contribution in [3.63, 3.8) is 0 Å². The van der Waals surface area contributed by atoms with Crippen LogP contribution < -0.4 is 28.7 Å². The maximum atomic E-state index is 6.84. The summed E-state index contributed by atoms with van der Waals surface area (Å²) in [4.78, 5) is 4.41. The summed E-state index contributed by atoms with van der Waals surface area (Å²) < 4.78 is 35.9. The second-order valence-electron chi connectivity index (χ2n) is 15.3. The van der Waals surface area contributed by atoms with Crippen LogP contribution in [0.3, 0.4) is 0 Å². The van der Waals surface area contributed by atoms with Crippen molar-refractivity contribution >= 4 is 99.5 Å². The van der Waals surface area contributed by atoms with Crippen molar-refractivity contribution in [2.45, 2.75) is 0 Å². The average molecular weight is 813 g/mol. The summed E-state index contributed by atoms with van der Waals surface area (Å²) >= 11 is 0. The van der Waals surface area contributed by atoms with Crippen LogP contribution in [-0.2, 0) is 0 Å². The highest BCUT2D eigenvalue weighted by atomic mass is 16.5. The summed E-state index contributed by atoms with van der Waals surface area (Å²) in [5.41, 5.74) is 9.00. The lowest BCUT2D eigenvalue weighted by molar-refractivity contribution is 0.414. The zero-order chi connectivity index (χ0) is 41.9. The smallest absolute Gasteiger partial charge is 0.147 e. The van der Waals surface area contributed by atoms with Crippen LogP contribution in [0.25, 0.3) is 65.4 Å². The van der Waals surface area contributed by atoms with E-state index in [0.717, 1.165) is 123 Å². The number of nitrogens with zero attached hydrogens (tertiary/aromatic N) is 2. The maximum Gasteiger partial charge on any atom is 0.147 e. The molecule has 11 rings (SSSR count). The van der Waals surface area contributed by atoms with Crippen LogP contribution in [0.15, 0.2) is 179 Å². The van der Waals surface area contributed by atoms with Gasteiger partial charge in [-0.25, -0.2) is 0 Å². The highest BCUT2D eigenvalue weighted by molar-refractivity contribution is 6.24. The SMILES string of the molecule is COc1cccc(N(c2cccc(OC)c2)c2ccc3cc4c(cc3c2)oc2c4ccc3oc4cc5cc(N(c6cccc(OC)c6)c6cccc(OC)c6)ccc5cc4c32)c1. The van der Waals surface area contributed by atoms with Gasteiger partial charge in [0.2, 0.25) is 0 Å². The number of rotatable bonds is 10. The Morgan fingerprint density at radius 2 is 0.742 bits per heavy atom. The molecule has 9 aromatic carbocycles. The van der Waals surface area contributed by atoms with Crippen LogP contribution >= 0.6 is 0 Å². The summed E-state index contributed by atoms with van der Waals surface area (Å²) in [6.45, 7) is 0. The van der Waals surface area contributed by atoms with Crippen molar-refractivity contribution in [2.75, 3.05) is 38.2 Å². The van der Waals surface area contributed by atoms with Gasteiger partial charge in [-0.05, 0) is 131 Å². The predicted molar refractivity (Wildman–Crippen MR) is 252 cm³/mol. The van der Waals surface area contributed by atoms with E-state index < -0.39 is 0 Å². The molecule has 11 aromatic rings. The van der Waals surface area contributed by atoms with E-state index in [-0.39, 0.29) is 0 Å². The normalized spacial score (nSPS) is 11.5. The topological polar surface area (TPSA) is 69.7 Å². The van der Waals surface area contributed by atoms with Gasteiger partial charge in [0.1, 0.15) is 45.3 Å². The molecule has 0 radical (unpaired) electrons. The van der Waals surface area contributed by atoms with E-state index in [2.05, 4.69) is 107 Å². The molecule has 0 saturated heterocycles. The first-order valence-corrected chi connectivity index (χ1v) is 20.3. The van der Waals surface area contributed by atoms with Crippen molar-refractivity contribution in [1.29, 1.82) is 0 Å².